The van der Waals surface area contributed by atoms with Crippen LogP contribution >= 0.6 is 0 Å². The zero-order chi connectivity index (χ0) is 5.70. The van der Waals surface area contributed by atoms with Gasteiger partial charge in [0, 0.05) is 0 Å². The molecule has 0 amide bonds. The highest BCUT2D eigenvalue weighted by Crippen LogP contribution is 1.70. The van der Waals surface area contributed by atoms with Gasteiger partial charge in [-0.3, -0.25) is 0 Å². The molecule has 2 N–H and O–H groups in total. The van der Waals surface area contributed by atoms with Crippen LogP contribution in [0.3, 0.4) is 0 Å². The molecule has 0 aromatic carbocycles. The van der Waals surface area contributed by atoms with Crippen LogP contribution in [0.2, 0.25) is 0 Å². The van der Waals surface area contributed by atoms with E-state index in [1.54, 1.807) is 13.1 Å². The normalized spacial score (nSPS) is 12.1. The van der Waals surface area contributed by atoms with Gasteiger partial charge in [0.15, 0.2) is 6.19 Å². The van der Waals surface area contributed by atoms with Crippen LogP contribution in [0.1, 0.15) is 6.92 Å². The number of hydrogen-bond donors (Lipinski definition) is 2. The zero-order valence-corrected chi connectivity index (χ0v) is 4.18. The zero-order valence-electron chi connectivity index (χ0n) is 4.18. The summed E-state index contributed by atoms with van der Waals surface area (Å²) >= 11 is 0. The Kier molecular flexibility index (Phi) is 3.07. The summed E-state index contributed by atoms with van der Waals surface area (Å²) in [5.41, 5.74) is 0. The minimum absolute atomic E-state index is 0.344. The number of hydrogen-bond acceptors (Lipinski definition) is 3. The first kappa shape index (κ1) is 6.25. The maximum atomic E-state index is 8.47. The van der Waals surface area contributed by atoms with E-state index in [0.29, 0.717) is 6.54 Å². The van der Waals surface area contributed by atoms with Crippen molar-refractivity contribution in [2.24, 2.45) is 0 Å². The van der Waals surface area contributed by atoms with Gasteiger partial charge in [-0.1, -0.05) is 0 Å². The van der Waals surface area contributed by atoms with E-state index in [0.717, 1.165) is 0 Å². The van der Waals surface area contributed by atoms with E-state index in [2.05, 4.69) is 5.32 Å². The summed E-state index contributed by atoms with van der Waals surface area (Å²) in [4.78, 5) is 0. The number of aliphatic hydroxyl groups excluding tert-OH is 1. The van der Waals surface area contributed by atoms with E-state index in [1.165, 1.54) is 0 Å². The molecule has 0 saturated heterocycles. The molecule has 0 aliphatic carbocycles. The van der Waals surface area contributed by atoms with Crippen LogP contribution in [-0.4, -0.2) is 17.8 Å². The van der Waals surface area contributed by atoms with E-state index in [1.807, 2.05) is 0 Å². The van der Waals surface area contributed by atoms with Gasteiger partial charge in [-0.25, -0.2) is 0 Å². The van der Waals surface area contributed by atoms with Gasteiger partial charge in [0.1, 0.15) is 0 Å². The number of nitrogens with zero attached hydrogens (tertiary/aromatic N) is 1. The summed E-state index contributed by atoms with van der Waals surface area (Å²) in [6.07, 6.45) is 1.26. The van der Waals surface area contributed by atoms with Crippen LogP contribution in [-0.2, 0) is 0 Å². The lowest BCUT2D eigenvalue weighted by Crippen LogP contribution is -2.19. The summed E-state index contributed by atoms with van der Waals surface area (Å²) in [5, 5.41) is 18.6. The van der Waals surface area contributed by atoms with Crippen LogP contribution in [0, 0.1) is 11.5 Å². The van der Waals surface area contributed by atoms with E-state index in [9.17, 15) is 0 Å². The van der Waals surface area contributed by atoms with Gasteiger partial charge in [0.05, 0.1) is 12.6 Å². The molecule has 1 atom stereocenters. The van der Waals surface area contributed by atoms with Gasteiger partial charge in [-0.2, -0.15) is 5.26 Å². The summed E-state index contributed by atoms with van der Waals surface area (Å²) in [5.74, 6) is 0. The molecule has 0 aliphatic heterocycles. The lowest BCUT2D eigenvalue weighted by molar-refractivity contribution is 0.197. The van der Waals surface area contributed by atoms with Crippen molar-refractivity contribution in [3.05, 3.63) is 0 Å². The molecule has 7 heavy (non-hydrogen) atoms. The summed E-state index contributed by atoms with van der Waals surface area (Å²) in [6.45, 7) is 1.96. The third kappa shape index (κ3) is 5.25. The highest BCUT2D eigenvalue weighted by molar-refractivity contribution is 4.65. The Balaban J connectivity index is 2.86. The Hall–Kier alpha value is -0.750. The highest BCUT2D eigenvalue weighted by atomic mass is 16.3. The second-order valence-corrected chi connectivity index (χ2v) is 1.34. The van der Waals surface area contributed by atoms with Gasteiger partial charge in [0.2, 0.25) is 0 Å². The van der Waals surface area contributed by atoms with Gasteiger partial charge < -0.3 is 10.4 Å². The number of rotatable bonds is 2. The molecule has 0 rings (SSSR count). The molecule has 0 fully saturated rings. The van der Waals surface area contributed by atoms with Crippen LogP contribution in [0.5, 0.6) is 0 Å². The monoisotopic (exact) mass is 100 g/mol. The predicted octanol–water partition coefficient (Wildman–Crippen LogP) is -0.562. The Labute approximate surface area is 42.6 Å². The fourth-order valence-electron chi connectivity index (χ4n) is 0.193. The fraction of sp³-hybridized carbons (Fsp3) is 0.750. The molecule has 1 unspecified atom stereocenters. The number of nitriles is 1. The Morgan fingerprint density at radius 1 is 2.00 bits per heavy atom. The van der Waals surface area contributed by atoms with Gasteiger partial charge in [-0.15, -0.1) is 0 Å². The molecule has 0 aliphatic rings. The van der Waals surface area contributed by atoms with Crippen LogP contribution in [0.4, 0.5) is 0 Å². The topological polar surface area (TPSA) is 56.0 Å². The van der Waals surface area contributed by atoms with Crippen molar-refractivity contribution in [2.45, 2.75) is 13.0 Å². The van der Waals surface area contributed by atoms with Gasteiger partial charge in [0.25, 0.3) is 0 Å². The summed E-state index contributed by atoms with van der Waals surface area (Å²) in [6, 6.07) is 0. The first-order valence-corrected chi connectivity index (χ1v) is 2.07. The molecule has 0 aromatic heterocycles. The first-order valence-electron chi connectivity index (χ1n) is 2.07. The molecule has 3 nitrogen and oxygen atoms in total. The minimum Gasteiger partial charge on any atom is -0.392 e. The Bertz CT molecular complexity index is 74.2. The van der Waals surface area contributed by atoms with Crippen LogP contribution in [0.15, 0.2) is 0 Å². The van der Waals surface area contributed by atoms with Gasteiger partial charge >= 0.3 is 0 Å². The standard InChI is InChI=1S/C4H8N2O/c1-4(7)2-6-3-5/h4,6-7H,2H2,1H3. The largest absolute Gasteiger partial charge is 0.392 e. The summed E-state index contributed by atoms with van der Waals surface area (Å²) < 4.78 is 0. The molecular weight excluding hydrogens is 92.1 g/mol. The smallest absolute Gasteiger partial charge is 0.176 e. The predicted molar refractivity (Wildman–Crippen MR) is 25.3 cm³/mol. The molecule has 3 heteroatoms. The average Bonchev–Trinajstić information content (AvgIpc) is 1.61. The van der Waals surface area contributed by atoms with Crippen molar-refractivity contribution in [1.29, 1.82) is 5.26 Å². The van der Waals surface area contributed by atoms with Gasteiger partial charge in [-0.05, 0) is 6.92 Å². The molecule has 0 heterocycles. The third-order valence-electron chi connectivity index (χ3n) is 0.477. The first-order chi connectivity index (χ1) is 3.27. The molecule has 0 spiro atoms. The lowest BCUT2D eigenvalue weighted by atomic mass is 10.4. The molecule has 0 bridgehead atoms. The number of aliphatic hydroxyl groups is 1. The molecular formula is C4H8N2O. The van der Waals surface area contributed by atoms with E-state index in [-0.39, 0.29) is 0 Å². The van der Waals surface area contributed by atoms with Crippen molar-refractivity contribution in [3.63, 3.8) is 0 Å². The van der Waals surface area contributed by atoms with Crippen LogP contribution < -0.4 is 5.32 Å². The molecule has 0 aromatic rings. The fourth-order valence-corrected chi connectivity index (χ4v) is 0.193. The third-order valence-corrected chi connectivity index (χ3v) is 0.477. The van der Waals surface area contributed by atoms with Crippen molar-refractivity contribution >= 4 is 0 Å². The lowest BCUT2D eigenvalue weighted by Gasteiger charge is -1.96. The van der Waals surface area contributed by atoms with Crippen LogP contribution in [0.25, 0.3) is 0 Å². The van der Waals surface area contributed by atoms with E-state index < -0.39 is 6.10 Å². The molecule has 40 valence electrons. The number of nitrogens with one attached hydrogen (secondary N) is 1. The molecule has 0 radical (unpaired) electrons. The Morgan fingerprint density at radius 3 is 2.71 bits per heavy atom. The van der Waals surface area contributed by atoms with Crippen molar-refractivity contribution < 1.29 is 5.11 Å². The molecule has 0 saturated carbocycles. The second kappa shape index (κ2) is 3.44. The van der Waals surface area contributed by atoms with E-state index in [4.69, 9.17) is 10.4 Å². The van der Waals surface area contributed by atoms with E-state index >= 15 is 0 Å². The maximum Gasteiger partial charge on any atom is 0.176 e. The maximum absolute atomic E-state index is 8.47. The van der Waals surface area contributed by atoms with Crippen molar-refractivity contribution in [1.82, 2.24) is 5.32 Å². The highest BCUT2D eigenvalue weighted by Gasteiger charge is 1.88. The van der Waals surface area contributed by atoms with Crippen molar-refractivity contribution in [2.75, 3.05) is 6.54 Å². The summed E-state index contributed by atoms with van der Waals surface area (Å²) in [7, 11) is 0. The minimum atomic E-state index is -0.431. The Morgan fingerprint density at radius 2 is 2.57 bits per heavy atom. The second-order valence-electron chi connectivity index (χ2n) is 1.34. The SMILES string of the molecule is CC(O)CNC#N. The van der Waals surface area contributed by atoms with Crippen molar-refractivity contribution in [3.8, 4) is 6.19 Å². The quantitative estimate of drug-likeness (QED) is 0.361. The average molecular weight is 100 g/mol.